The quantitative estimate of drug-likeness (QED) is 0.764. The number of hydrogen-bond donors (Lipinski definition) is 1. The summed E-state index contributed by atoms with van der Waals surface area (Å²) in [7, 11) is 0. The van der Waals surface area contributed by atoms with Crippen LogP contribution >= 0.6 is 0 Å². The number of ketones is 3. The van der Waals surface area contributed by atoms with E-state index < -0.39 is 5.60 Å². The standard InChI is InChI=1S/C17H24O4/c1-10(18)6-8-17(5,21)9-7-14-13(4)15(19)11(2)12(3)16(14)20/h21H,6-9H2,1-5H3. The van der Waals surface area contributed by atoms with Crippen molar-refractivity contribution >= 4 is 17.3 Å². The molecule has 1 N–H and O–H groups in total. The van der Waals surface area contributed by atoms with Gasteiger partial charge >= 0.3 is 0 Å². The fraction of sp³-hybridized carbons (Fsp3) is 0.588. The van der Waals surface area contributed by atoms with Crippen molar-refractivity contribution in [2.45, 2.75) is 65.9 Å². The van der Waals surface area contributed by atoms with E-state index in [-0.39, 0.29) is 17.3 Å². The molecule has 0 aromatic rings. The van der Waals surface area contributed by atoms with Gasteiger partial charge in [0.25, 0.3) is 0 Å². The van der Waals surface area contributed by atoms with Crippen LogP contribution in [-0.4, -0.2) is 28.1 Å². The van der Waals surface area contributed by atoms with Gasteiger partial charge < -0.3 is 9.90 Å². The molecule has 0 spiro atoms. The van der Waals surface area contributed by atoms with Crippen molar-refractivity contribution in [1.29, 1.82) is 0 Å². The highest BCUT2D eigenvalue weighted by molar-refractivity contribution is 6.24. The van der Waals surface area contributed by atoms with Gasteiger partial charge in [-0.25, -0.2) is 0 Å². The van der Waals surface area contributed by atoms with Gasteiger partial charge in [0.2, 0.25) is 0 Å². The second-order valence-corrected chi connectivity index (χ2v) is 6.21. The van der Waals surface area contributed by atoms with Gasteiger partial charge in [-0.05, 0) is 53.9 Å². The highest BCUT2D eigenvalue weighted by Gasteiger charge is 2.29. The molecule has 0 bridgehead atoms. The highest BCUT2D eigenvalue weighted by atomic mass is 16.3. The van der Waals surface area contributed by atoms with Crippen molar-refractivity contribution in [3.8, 4) is 0 Å². The predicted octanol–water partition coefficient (Wildman–Crippen LogP) is 2.69. The Hall–Kier alpha value is -1.55. The Morgan fingerprint density at radius 1 is 1.00 bits per heavy atom. The van der Waals surface area contributed by atoms with E-state index in [4.69, 9.17) is 0 Å². The Labute approximate surface area is 125 Å². The van der Waals surface area contributed by atoms with Crippen LogP contribution in [0.4, 0.5) is 0 Å². The molecule has 1 atom stereocenters. The Morgan fingerprint density at radius 3 is 2.05 bits per heavy atom. The molecule has 21 heavy (non-hydrogen) atoms. The van der Waals surface area contributed by atoms with Crippen LogP contribution < -0.4 is 0 Å². The summed E-state index contributed by atoms with van der Waals surface area (Å²) in [6.07, 6.45) is 1.39. The van der Waals surface area contributed by atoms with Gasteiger partial charge in [0, 0.05) is 28.7 Å². The summed E-state index contributed by atoms with van der Waals surface area (Å²) in [6, 6.07) is 0. The van der Waals surface area contributed by atoms with Crippen molar-refractivity contribution in [2.75, 3.05) is 0 Å². The molecule has 0 saturated carbocycles. The average Bonchev–Trinajstić information content (AvgIpc) is 2.41. The van der Waals surface area contributed by atoms with E-state index in [0.717, 1.165) is 0 Å². The summed E-state index contributed by atoms with van der Waals surface area (Å²) < 4.78 is 0. The van der Waals surface area contributed by atoms with Crippen molar-refractivity contribution < 1.29 is 19.5 Å². The number of hydrogen-bond acceptors (Lipinski definition) is 4. The summed E-state index contributed by atoms with van der Waals surface area (Å²) in [4.78, 5) is 35.3. The number of rotatable bonds is 6. The van der Waals surface area contributed by atoms with Crippen LogP contribution in [0.15, 0.2) is 22.3 Å². The highest BCUT2D eigenvalue weighted by Crippen LogP contribution is 2.30. The number of Topliss-reactive ketones (excluding diaryl/α,β-unsaturated/α-hetero) is 3. The summed E-state index contributed by atoms with van der Waals surface area (Å²) in [5.74, 6) is -0.165. The molecule has 1 rings (SSSR count). The van der Waals surface area contributed by atoms with Crippen LogP contribution in [-0.2, 0) is 14.4 Å². The van der Waals surface area contributed by atoms with Crippen molar-refractivity contribution in [1.82, 2.24) is 0 Å². The zero-order valence-electron chi connectivity index (χ0n) is 13.5. The molecule has 0 fully saturated rings. The zero-order chi connectivity index (χ0) is 16.4. The fourth-order valence-corrected chi connectivity index (χ4v) is 2.42. The lowest BCUT2D eigenvalue weighted by Gasteiger charge is -2.25. The maximum Gasteiger partial charge on any atom is 0.185 e. The molecule has 0 aromatic carbocycles. The van der Waals surface area contributed by atoms with E-state index in [1.54, 1.807) is 27.7 Å². The molecule has 0 saturated heterocycles. The lowest BCUT2D eigenvalue weighted by atomic mass is 9.82. The van der Waals surface area contributed by atoms with Crippen molar-refractivity contribution in [3.05, 3.63) is 22.3 Å². The lowest BCUT2D eigenvalue weighted by Crippen LogP contribution is -2.27. The normalized spacial score (nSPS) is 19.1. The van der Waals surface area contributed by atoms with Crippen LogP contribution in [0.5, 0.6) is 0 Å². The molecule has 0 radical (unpaired) electrons. The molecule has 1 unspecified atom stereocenters. The molecular formula is C17H24O4. The molecule has 1 aliphatic rings. The Bertz CT molecular complexity index is 547. The number of carbonyl (C=O) groups excluding carboxylic acids is 3. The summed E-state index contributed by atoms with van der Waals surface area (Å²) in [5.41, 5.74) is 0.956. The van der Waals surface area contributed by atoms with Crippen LogP contribution in [0.1, 0.15) is 60.3 Å². The second-order valence-electron chi connectivity index (χ2n) is 6.21. The van der Waals surface area contributed by atoms with Gasteiger partial charge in [-0.2, -0.15) is 0 Å². The molecular weight excluding hydrogens is 268 g/mol. The van der Waals surface area contributed by atoms with Crippen LogP contribution in [0.2, 0.25) is 0 Å². The van der Waals surface area contributed by atoms with Gasteiger partial charge in [-0.15, -0.1) is 0 Å². The number of aliphatic hydroxyl groups is 1. The van der Waals surface area contributed by atoms with Crippen molar-refractivity contribution in [3.63, 3.8) is 0 Å². The first kappa shape index (κ1) is 17.5. The molecule has 0 aromatic heterocycles. The lowest BCUT2D eigenvalue weighted by molar-refractivity contribution is -0.118. The molecule has 116 valence electrons. The Balaban J connectivity index is 2.81. The third-order valence-corrected chi connectivity index (χ3v) is 4.24. The Morgan fingerprint density at radius 2 is 1.52 bits per heavy atom. The molecule has 0 amide bonds. The fourth-order valence-electron chi connectivity index (χ4n) is 2.42. The first-order valence-corrected chi connectivity index (χ1v) is 7.25. The second kappa shape index (κ2) is 6.48. The smallest absolute Gasteiger partial charge is 0.185 e. The minimum absolute atomic E-state index is 0.0315. The first-order chi connectivity index (χ1) is 9.57. The molecule has 1 aliphatic carbocycles. The maximum absolute atomic E-state index is 12.3. The van der Waals surface area contributed by atoms with E-state index in [9.17, 15) is 19.5 Å². The number of carbonyl (C=O) groups is 3. The van der Waals surface area contributed by atoms with E-state index in [0.29, 0.717) is 48.0 Å². The molecule has 4 nitrogen and oxygen atoms in total. The van der Waals surface area contributed by atoms with Gasteiger partial charge in [0.15, 0.2) is 11.6 Å². The minimum Gasteiger partial charge on any atom is -0.390 e. The third kappa shape index (κ3) is 4.21. The van der Waals surface area contributed by atoms with Gasteiger partial charge in [0.1, 0.15) is 5.78 Å². The average molecular weight is 292 g/mol. The monoisotopic (exact) mass is 292 g/mol. The van der Waals surface area contributed by atoms with E-state index in [1.165, 1.54) is 6.92 Å². The van der Waals surface area contributed by atoms with Gasteiger partial charge in [0.05, 0.1) is 5.60 Å². The third-order valence-electron chi connectivity index (χ3n) is 4.24. The Kier molecular flexibility index (Phi) is 5.40. The summed E-state index contributed by atoms with van der Waals surface area (Å²) in [6.45, 7) is 8.14. The predicted molar refractivity (Wildman–Crippen MR) is 80.9 cm³/mol. The zero-order valence-corrected chi connectivity index (χ0v) is 13.5. The molecule has 0 heterocycles. The summed E-state index contributed by atoms with van der Waals surface area (Å²) >= 11 is 0. The SMILES string of the molecule is CC(=O)CCC(C)(O)CCC1=C(C)C(=O)C(C)=C(C)C1=O. The van der Waals surface area contributed by atoms with E-state index in [2.05, 4.69) is 0 Å². The molecule has 0 aliphatic heterocycles. The van der Waals surface area contributed by atoms with Crippen molar-refractivity contribution in [2.24, 2.45) is 0 Å². The minimum atomic E-state index is -1.01. The first-order valence-electron chi connectivity index (χ1n) is 7.25. The number of allylic oxidation sites excluding steroid dienone is 4. The van der Waals surface area contributed by atoms with Crippen LogP contribution in [0.3, 0.4) is 0 Å². The summed E-state index contributed by atoms with van der Waals surface area (Å²) in [5, 5.41) is 10.3. The van der Waals surface area contributed by atoms with Crippen LogP contribution in [0, 0.1) is 0 Å². The van der Waals surface area contributed by atoms with Gasteiger partial charge in [-0.1, -0.05) is 0 Å². The van der Waals surface area contributed by atoms with E-state index in [1.807, 2.05) is 0 Å². The van der Waals surface area contributed by atoms with Crippen LogP contribution in [0.25, 0.3) is 0 Å². The molecule has 4 heteroatoms. The largest absolute Gasteiger partial charge is 0.390 e. The van der Waals surface area contributed by atoms with E-state index >= 15 is 0 Å². The maximum atomic E-state index is 12.3. The van der Waals surface area contributed by atoms with Gasteiger partial charge in [-0.3, -0.25) is 9.59 Å². The topological polar surface area (TPSA) is 71.4 Å².